The van der Waals surface area contributed by atoms with Gasteiger partial charge in [0.05, 0.1) is 0 Å². The Balaban J connectivity index is 3.02. The van der Waals surface area contributed by atoms with E-state index in [-0.39, 0.29) is 0 Å². The predicted octanol–water partition coefficient (Wildman–Crippen LogP) is 1.71. The van der Waals surface area contributed by atoms with Crippen LogP contribution in [-0.4, -0.2) is 11.4 Å². The van der Waals surface area contributed by atoms with Gasteiger partial charge in [-0.05, 0) is 12.2 Å². The quantitative estimate of drug-likeness (QED) is 0.269. The van der Waals surface area contributed by atoms with Crippen LogP contribution in [0.15, 0.2) is 39.7 Å². The second kappa shape index (κ2) is 3.88. The SMILES string of the molecule is N#[N+]N=C1C=CC=CC1=NN=N. The van der Waals surface area contributed by atoms with Crippen molar-refractivity contribution in [3.63, 3.8) is 0 Å². The Morgan fingerprint density at radius 1 is 1.25 bits per heavy atom. The molecule has 0 aromatic carbocycles. The van der Waals surface area contributed by atoms with E-state index >= 15 is 0 Å². The van der Waals surface area contributed by atoms with Crippen LogP contribution >= 0.6 is 0 Å². The standard InChI is InChI=1S/C6H5N6/c7-11-9-5-3-1-2-4-6(5)10-12-8/h1-4,7H/q+1. The van der Waals surface area contributed by atoms with Gasteiger partial charge in [0.25, 0.3) is 5.39 Å². The molecule has 0 radical (unpaired) electrons. The van der Waals surface area contributed by atoms with Gasteiger partial charge >= 0.3 is 5.08 Å². The molecule has 1 rings (SSSR count). The number of hydrogen-bond donors (Lipinski definition) is 1. The Kier molecular flexibility index (Phi) is 2.57. The van der Waals surface area contributed by atoms with Crippen LogP contribution in [0.2, 0.25) is 0 Å². The monoisotopic (exact) mass is 161 g/mol. The summed E-state index contributed by atoms with van der Waals surface area (Å²) in [6.45, 7) is 0. The fraction of sp³-hybridized carbons (Fsp3) is 0. The van der Waals surface area contributed by atoms with Gasteiger partial charge in [-0.25, -0.2) is 0 Å². The van der Waals surface area contributed by atoms with Crippen LogP contribution in [0.25, 0.3) is 5.08 Å². The molecule has 0 aliphatic heterocycles. The summed E-state index contributed by atoms with van der Waals surface area (Å²) in [6.07, 6.45) is 6.65. The van der Waals surface area contributed by atoms with E-state index in [1.807, 2.05) is 0 Å². The highest BCUT2D eigenvalue weighted by atomic mass is 15.3. The molecular weight excluding hydrogens is 156 g/mol. The summed E-state index contributed by atoms with van der Waals surface area (Å²) >= 11 is 0. The first-order valence-electron chi connectivity index (χ1n) is 3.10. The maximum atomic E-state index is 8.15. The van der Waals surface area contributed by atoms with Crippen molar-refractivity contribution < 1.29 is 0 Å². The summed E-state index contributed by atoms with van der Waals surface area (Å²) in [5, 5.41) is 20.4. The van der Waals surface area contributed by atoms with Crippen molar-refractivity contribution in [1.29, 1.82) is 10.9 Å². The molecule has 0 aromatic rings. The van der Waals surface area contributed by atoms with Crippen LogP contribution < -0.4 is 0 Å². The molecule has 12 heavy (non-hydrogen) atoms. The second-order valence-electron chi connectivity index (χ2n) is 1.88. The lowest BCUT2D eigenvalue weighted by molar-refractivity contribution is 0.993. The maximum absolute atomic E-state index is 8.15. The predicted molar refractivity (Wildman–Crippen MR) is 43.4 cm³/mol. The minimum absolute atomic E-state index is 0.371. The van der Waals surface area contributed by atoms with E-state index in [4.69, 9.17) is 10.9 Å². The maximum Gasteiger partial charge on any atom is 0.339 e. The molecule has 0 spiro atoms. The van der Waals surface area contributed by atoms with Crippen molar-refractivity contribution in [2.45, 2.75) is 0 Å². The van der Waals surface area contributed by atoms with E-state index in [0.29, 0.717) is 11.4 Å². The normalized spacial score (nSPS) is 21.2. The van der Waals surface area contributed by atoms with Crippen molar-refractivity contribution in [3.8, 4) is 0 Å². The molecule has 0 bridgehead atoms. The van der Waals surface area contributed by atoms with Crippen molar-refractivity contribution >= 4 is 11.4 Å². The van der Waals surface area contributed by atoms with E-state index < -0.39 is 0 Å². The summed E-state index contributed by atoms with van der Waals surface area (Å²) in [4.78, 5) is 0. The van der Waals surface area contributed by atoms with E-state index in [2.05, 4.69) is 20.5 Å². The summed E-state index contributed by atoms with van der Waals surface area (Å²) in [5.74, 6) is 0. The van der Waals surface area contributed by atoms with Crippen LogP contribution in [0, 0.1) is 10.9 Å². The number of nitrogens with one attached hydrogen (secondary N) is 1. The molecule has 1 aliphatic rings. The van der Waals surface area contributed by atoms with Gasteiger partial charge in [0.1, 0.15) is 5.71 Å². The van der Waals surface area contributed by atoms with Gasteiger partial charge in [0.15, 0.2) is 10.8 Å². The third kappa shape index (κ3) is 1.67. The average molecular weight is 161 g/mol. The Morgan fingerprint density at radius 3 is 2.50 bits per heavy atom. The molecule has 0 fully saturated rings. The van der Waals surface area contributed by atoms with Gasteiger partial charge in [-0.2, -0.15) is 5.53 Å². The molecule has 0 amide bonds. The summed E-state index contributed by atoms with van der Waals surface area (Å²) in [5.41, 5.74) is 7.26. The van der Waals surface area contributed by atoms with Crippen molar-refractivity contribution in [2.24, 2.45) is 15.4 Å². The van der Waals surface area contributed by atoms with Gasteiger partial charge in [0.2, 0.25) is 0 Å². The van der Waals surface area contributed by atoms with Crippen LogP contribution in [0.4, 0.5) is 0 Å². The molecule has 1 N–H and O–H groups in total. The Bertz CT molecular complexity index is 340. The zero-order chi connectivity index (χ0) is 8.81. The van der Waals surface area contributed by atoms with E-state index in [1.54, 1.807) is 24.3 Å². The largest absolute Gasteiger partial charge is 0.339 e. The van der Waals surface area contributed by atoms with Gasteiger partial charge in [-0.15, -0.1) is 5.10 Å². The van der Waals surface area contributed by atoms with E-state index in [1.165, 1.54) is 0 Å². The number of hydrogen-bond acceptors (Lipinski definition) is 4. The molecule has 6 nitrogen and oxygen atoms in total. The van der Waals surface area contributed by atoms with E-state index in [9.17, 15) is 0 Å². The fourth-order valence-electron chi connectivity index (χ4n) is 0.735. The molecule has 0 saturated carbocycles. The summed E-state index contributed by atoms with van der Waals surface area (Å²) < 4.78 is 0. The molecule has 0 aromatic heterocycles. The van der Waals surface area contributed by atoms with Crippen LogP contribution in [0.3, 0.4) is 0 Å². The van der Waals surface area contributed by atoms with Crippen molar-refractivity contribution in [3.05, 3.63) is 29.4 Å². The first kappa shape index (κ1) is 7.94. The lowest BCUT2D eigenvalue weighted by Gasteiger charge is -1.95. The molecule has 58 valence electrons. The molecule has 0 atom stereocenters. The average Bonchev–Trinajstić information content (AvgIpc) is 2.09. The molecule has 6 heteroatoms. The molecule has 0 heterocycles. The minimum atomic E-state index is 0.371. The molecular formula is C6H5N6+. The second-order valence-corrected chi connectivity index (χ2v) is 1.88. The summed E-state index contributed by atoms with van der Waals surface area (Å²) in [6, 6.07) is 0. The number of diazo groups is 1. The van der Waals surface area contributed by atoms with Crippen LogP contribution in [0.1, 0.15) is 0 Å². The number of allylic oxidation sites excluding steroid dienone is 4. The highest BCUT2D eigenvalue weighted by molar-refractivity contribution is 6.51. The third-order valence-electron chi connectivity index (χ3n) is 1.19. The molecule has 0 unspecified atom stereocenters. The lowest BCUT2D eigenvalue weighted by Crippen LogP contribution is -2.09. The van der Waals surface area contributed by atoms with E-state index in [0.717, 1.165) is 0 Å². The first-order chi connectivity index (χ1) is 5.88. The Morgan fingerprint density at radius 2 is 1.92 bits per heavy atom. The highest BCUT2D eigenvalue weighted by Crippen LogP contribution is 1.99. The van der Waals surface area contributed by atoms with Gasteiger partial charge in [-0.1, -0.05) is 17.4 Å². The zero-order valence-electron chi connectivity index (χ0n) is 6.05. The smallest absolute Gasteiger partial charge is 0.185 e. The topological polar surface area (TPSA) is 89.1 Å². The lowest BCUT2D eigenvalue weighted by atomic mass is 10.1. The van der Waals surface area contributed by atoms with Gasteiger partial charge in [0, 0.05) is 0 Å². The van der Waals surface area contributed by atoms with Gasteiger partial charge < -0.3 is 0 Å². The molecule has 1 aliphatic carbocycles. The Labute approximate surface area is 68.1 Å². The fourth-order valence-corrected chi connectivity index (χ4v) is 0.735. The first-order valence-corrected chi connectivity index (χ1v) is 3.10. The zero-order valence-corrected chi connectivity index (χ0v) is 6.05. The van der Waals surface area contributed by atoms with Gasteiger partial charge in [-0.3, -0.25) is 0 Å². The summed E-state index contributed by atoms with van der Waals surface area (Å²) in [7, 11) is 0. The molecule has 0 saturated heterocycles. The Hall–Kier alpha value is -2.16. The third-order valence-corrected chi connectivity index (χ3v) is 1.19. The van der Waals surface area contributed by atoms with Crippen molar-refractivity contribution in [2.75, 3.05) is 0 Å². The highest BCUT2D eigenvalue weighted by Gasteiger charge is 2.10. The minimum Gasteiger partial charge on any atom is -0.185 e. The van der Waals surface area contributed by atoms with Crippen molar-refractivity contribution in [1.82, 2.24) is 0 Å². The number of rotatable bonds is 1. The van der Waals surface area contributed by atoms with Crippen LogP contribution in [-0.2, 0) is 0 Å². The van der Waals surface area contributed by atoms with Crippen LogP contribution in [0.5, 0.6) is 0 Å². The number of nitrogens with zero attached hydrogens (tertiary/aromatic N) is 5.